The lowest BCUT2D eigenvalue weighted by molar-refractivity contribution is 0.102. The Bertz CT molecular complexity index is 1130. The van der Waals surface area contributed by atoms with Crippen molar-refractivity contribution in [3.8, 4) is 11.4 Å². The van der Waals surface area contributed by atoms with E-state index in [1.54, 1.807) is 36.0 Å². The number of carbonyl (C=O) groups is 1. The first-order valence-corrected chi connectivity index (χ1v) is 8.59. The molecule has 0 saturated heterocycles. The number of hydrogen-bond acceptors (Lipinski definition) is 5. The summed E-state index contributed by atoms with van der Waals surface area (Å²) in [6, 6.07) is 16.4. The minimum atomic E-state index is -0.289. The van der Waals surface area contributed by atoms with Crippen LogP contribution in [0.4, 0.5) is 11.5 Å². The monoisotopic (exact) mass is 378 g/mol. The lowest BCUT2D eigenvalue weighted by atomic mass is 10.2. The van der Waals surface area contributed by atoms with E-state index in [0.29, 0.717) is 28.5 Å². The van der Waals surface area contributed by atoms with E-state index in [1.807, 2.05) is 30.3 Å². The number of benzene rings is 1. The van der Waals surface area contributed by atoms with E-state index >= 15 is 0 Å². The molecule has 0 radical (unpaired) electrons. The van der Waals surface area contributed by atoms with Gasteiger partial charge in [-0.05, 0) is 18.2 Å². The van der Waals surface area contributed by atoms with Crippen molar-refractivity contribution in [2.45, 2.75) is 0 Å². The van der Waals surface area contributed by atoms with Gasteiger partial charge in [-0.25, -0.2) is 14.5 Å². The van der Waals surface area contributed by atoms with Crippen molar-refractivity contribution >= 4 is 34.7 Å². The minimum absolute atomic E-state index is 0.243. The van der Waals surface area contributed by atoms with Crippen LogP contribution >= 0.6 is 11.6 Å². The summed E-state index contributed by atoms with van der Waals surface area (Å²) in [6.07, 6.45) is 1.75. The number of aromatic nitrogens is 4. The molecule has 0 spiro atoms. The Hall–Kier alpha value is -3.45. The maximum absolute atomic E-state index is 12.5. The van der Waals surface area contributed by atoms with Crippen molar-refractivity contribution in [2.24, 2.45) is 0 Å². The third-order valence-corrected chi connectivity index (χ3v) is 4.13. The van der Waals surface area contributed by atoms with E-state index in [4.69, 9.17) is 11.6 Å². The standard InChI is InChI=1S/C19H15ClN6O/c1-21-16-10-13(9-15(20)23-16)19(27)22-14-7-8-26-17(11-14)24-18(25-26)12-5-3-2-4-6-12/h2-11H,1H3,(H,21,23)(H,22,27). The highest BCUT2D eigenvalue weighted by Crippen LogP contribution is 2.19. The lowest BCUT2D eigenvalue weighted by Gasteiger charge is -2.07. The third-order valence-electron chi connectivity index (χ3n) is 3.94. The molecule has 0 aliphatic heterocycles. The van der Waals surface area contributed by atoms with Gasteiger partial charge in [0, 0.05) is 36.1 Å². The van der Waals surface area contributed by atoms with Crippen molar-refractivity contribution in [2.75, 3.05) is 17.7 Å². The molecule has 0 atom stereocenters. The Morgan fingerprint density at radius 2 is 1.89 bits per heavy atom. The average molecular weight is 379 g/mol. The first kappa shape index (κ1) is 17.0. The summed E-state index contributed by atoms with van der Waals surface area (Å²) in [6.45, 7) is 0. The fourth-order valence-electron chi connectivity index (χ4n) is 2.63. The molecule has 1 aromatic carbocycles. The quantitative estimate of drug-likeness (QED) is 0.528. The molecular formula is C19H15ClN6O. The van der Waals surface area contributed by atoms with Gasteiger partial charge in [0.2, 0.25) is 0 Å². The molecule has 3 heterocycles. The maximum atomic E-state index is 12.5. The number of hydrogen-bond donors (Lipinski definition) is 2. The summed E-state index contributed by atoms with van der Waals surface area (Å²) in [5, 5.41) is 10.4. The number of amides is 1. The molecule has 7 nitrogen and oxygen atoms in total. The van der Waals surface area contributed by atoms with E-state index < -0.39 is 0 Å². The molecule has 0 aliphatic carbocycles. The number of halogens is 1. The van der Waals surface area contributed by atoms with Gasteiger partial charge in [-0.1, -0.05) is 41.9 Å². The molecule has 0 saturated carbocycles. The van der Waals surface area contributed by atoms with Crippen molar-refractivity contribution in [3.63, 3.8) is 0 Å². The van der Waals surface area contributed by atoms with Crippen molar-refractivity contribution in [1.82, 2.24) is 19.6 Å². The fourth-order valence-corrected chi connectivity index (χ4v) is 2.84. The molecule has 2 N–H and O–H groups in total. The average Bonchev–Trinajstić information content (AvgIpc) is 3.11. The van der Waals surface area contributed by atoms with Crippen LogP contribution in [0.25, 0.3) is 17.0 Å². The normalized spacial score (nSPS) is 10.7. The number of rotatable bonds is 4. The van der Waals surface area contributed by atoms with E-state index in [9.17, 15) is 4.79 Å². The van der Waals surface area contributed by atoms with Gasteiger partial charge in [0.1, 0.15) is 11.0 Å². The summed E-state index contributed by atoms with van der Waals surface area (Å²) >= 11 is 5.96. The second kappa shape index (κ2) is 7.05. The highest BCUT2D eigenvalue weighted by molar-refractivity contribution is 6.30. The summed E-state index contributed by atoms with van der Waals surface area (Å²) < 4.78 is 1.67. The van der Waals surface area contributed by atoms with Crippen LogP contribution in [-0.4, -0.2) is 32.5 Å². The largest absolute Gasteiger partial charge is 0.373 e. The van der Waals surface area contributed by atoms with Crippen LogP contribution in [0, 0.1) is 0 Å². The molecule has 4 rings (SSSR count). The highest BCUT2D eigenvalue weighted by atomic mass is 35.5. The van der Waals surface area contributed by atoms with Gasteiger partial charge < -0.3 is 10.6 Å². The van der Waals surface area contributed by atoms with Gasteiger partial charge in [0.05, 0.1) is 0 Å². The molecule has 1 amide bonds. The van der Waals surface area contributed by atoms with Crippen LogP contribution < -0.4 is 10.6 Å². The first-order chi connectivity index (χ1) is 13.1. The molecule has 3 aromatic heterocycles. The number of pyridine rings is 2. The molecule has 0 aliphatic rings. The molecule has 0 bridgehead atoms. The van der Waals surface area contributed by atoms with E-state index in [1.165, 1.54) is 6.07 Å². The van der Waals surface area contributed by atoms with Gasteiger partial charge >= 0.3 is 0 Å². The second-order valence-electron chi connectivity index (χ2n) is 5.79. The second-order valence-corrected chi connectivity index (χ2v) is 6.17. The molecule has 27 heavy (non-hydrogen) atoms. The summed E-state index contributed by atoms with van der Waals surface area (Å²) in [5.74, 6) is 0.856. The van der Waals surface area contributed by atoms with Crippen molar-refractivity contribution < 1.29 is 4.79 Å². The number of nitrogens with zero attached hydrogens (tertiary/aromatic N) is 4. The molecule has 0 unspecified atom stereocenters. The molecule has 4 aromatic rings. The number of fused-ring (bicyclic) bond motifs is 1. The zero-order valence-electron chi connectivity index (χ0n) is 14.3. The number of carbonyl (C=O) groups excluding carboxylic acids is 1. The first-order valence-electron chi connectivity index (χ1n) is 8.21. The summed E-state index contributed by atoms with van der Waals surface area (Å²) in [4.78, 5) is 21.1. The fraction of sp³-hybridized carbons (Fsp3) is 0.0526. The summed E-state index contributed by atoms with van der Waals surface area (Å²) in [7, 11) is 1.71. The van der Waals surface area contributed by atoms with E-state index in [0.717, 1.165) is 5.56 Å². The number of anilines is 2. The van der Waals surface area contributed by atoms with Gasteiger partial charge in [0.25, 0.3) is 5.91 Å². The van der Waals surface area contributed by atoms with Crippen molar-refractivity contribution in [3.05, 3.63) is 71.5 Å². The highest BCUT2D eigenvalue weighted by Gasteiger charge is 2.11. The topological polar surface area (TPSA) is 84.2 Å². The smallest absolute Gasteiger partial charge is 0.255 e. The summed E-state index contributed by atoms with van der Waals surface area (Å²) in [5.41, 5.74) is 2.58. The third kappa shape index (κ3) is 3.58. The predicted octanol–water partition coefficient (Wildman–Crippen LogP) is 3.74. The SMILES string of the molecule is CNc1cc(C(=O)Nc2ccn3nc(-c4ccccc4)nc3c2)cc(Cl)n1. The Labute approximate surface area is 160 Å². The van der Waals surface area contributed by atoms with E-state index in [2.05, 4.69) is 25.7 Å². The molecule has 8 heteroatoms. The van der Waals surface area contributed by atoms with Crippen LogP contribution in [-0.2, 0) is 0 Å². The Morgan fingerprint density at radius 3 is 2.67 bits per heavy atom. The minimum Gasteiger partial charge on any atom is -0.373 e. The Balaban J connectivity index is 1.61. The van der Waals surface area contributed by atoms with Gasteiger partial charge in [-0.2, -0.15) is 0 Å². The molecule has 0 fully saturated rings. The maximum Gasteiger partial charge on any atom is 0.255 e. The van der Waals surface area contributed by atoms with E-state index in [-0.39, 0.29) is 11.1 Å². The van der Waals surface area contributed by atoms with Crippen LogP contribution in [0.15, 0.2) is 60.8 Å². The van der Waals surface area contributed by atoms with Gasteiger partial charge in [-0.3, -0.25) is 4.79 Å². The predicted molar refractivity (Wildman–Crippen MR) is 105 cm³/mol. The Kier molecular flexibility index (Phi) is 4.43. The van der Waals surface area contributed by atoms with Gasteiger partial charge in [0.15, 0.2) is 11.5 Å². The van der Waals surface area contributed by atoms with Crippen LogP contribution in [0.1, 0.15) is 10.4 Å². The number of nitrogens with one attached hydrogen (secondary N) is 2. The zero-order valence-corrected chi connectivity index (χ0v) is 15.1. The van der Waals surface area contributed by atoms with Crippen LogP contribution in [0.5, 0.6) is 0 Å². The lowest BCUT2D eigenvalue weighted by Crippen LogP contribution is -2.13. The van der Waals surface area contributed by atoms with Crippen LogP contribution in [0.2, 0.25) is 5.15 Å². The van der Waals surface area contributed by atoms with Crippen LogP contribution in [0.3, 0.4) is 0 Å². The van der Waals surface area contributed by atoms with Crippen molar-refractivity contribution in [1.29, 1.82) is 0 Å². The Morgan fingerprint density at radius 1 is 1.07 bits per heavy atom. The molecular weight excluding hydrogens is 364 g/mol. The zero-order chi connectivity index (χ0) is 18.8. The van der Waals surface area contributed by atoms with Gasteiger partial charge in [-0.15, -0.1) is 5.10 Å². The molecule has 134 valence electrons.